The fourth-order valence-corrected chi connectivity index (χ4v) is 2.97. The number of nitrogens with zero attached hydrogens (tertiary/aromatic N) is 2. The second-order valence-corrected chi connectivity index (χ2v) is 5.86. The first-order valence-corrected chi connectivity index (χ1v) is 7.86. The van der Waals surface area contributed by atoms with Crippen molar-refractivity contribution in [2.45, 2.75) is 46.2 Å². The van der Waals surface area contributed by atoms with Crippen molar-refractivity contribution >= 4 is 15.9 Å². The van der Waals surface area contributed by atoms with Gasteiger partial charge in [0.1, 0.15) is 0 Å². The number of ether oxygens (including phenoxy) is 1. The molecule has 1 aromatic rings. The standard InChI is InChI=1S/C14H26BrN3O/c1-5-7-18-14(12(15)9-17-18)13(16-6-2)8-11(3)10-19-4/h9,11,13,16H,5-8,10H2,1-4H3. The molecule has 1 rings (SSSR count). The summed E-state index contributed by atoms with van der Waals surface area (Å²) in [5.41, 5.74) is 1.26. The molecular formula is C14H26BrN3O. The maximum absolute atomic E-state index is 5.25. The SMILES string of the molecule is CCCn1ncc(Br)c1C(CC(C)COC)NCC. The summed E-state index contributed by atoms with van der Waals surface area (Å²) < 4.78 is 8.45. The minimum atomic E-state index is 0.318. The van der Waals surface area contributed by atoms with E-state index in [1.54, 1.807) is 7.11 Å². The number of aromatic nitrogens is 2. The second kappa shape index (κ2) is 8.72. The predicted octanol–water partition coefficient (Wildman–Crippen LogP) is 3.38. The lowest BCUT2D eigenvalue weighted by atomic mass is 10.00. The van der Waals surface area contributed by atoms with E-state index in [0.717, 1.165) is 37.0 Å². The van der Waals surface area contributed by atoms with E-state index in [4.69, 9.17) is 4.74 Å². The molecule has 110 valence electrons. The summed E-state index contributed by atoms with van der Waals surface area (Å²) in [6.45, 7) is 9.25. The molecule has 0 saturated heterocycles. The van der Waals surface area contributed by atoms with E-state index in [1.807, 2.05) is 6.20 Å². The lowest BCUT2D eigenvalue weighted by Crippen LogP contribution is -2.27. The van der Waals surface area contributed by atoms with E-state index in [-0.39, 0.29) is 0 Å². The Bertz CT molecular complexity index is 368. The molecular weight excluding hydrogens is 306 g/mol. The molecule has 0 radical (unpaired) electrons. The quantitative estimate of drug-likeness (QED) is 0.753. The average Bonchev–Trinajstić information content (AvgIpc) is 2.71. The summed E-state index contributed by atoms with van der Waals surface area (Å²) in [5.74, 6) is 0.519. The maximum atomic E-state index is 5.25. The summed E-state index contributed by atoms with van der Waals surface area (Å²) in [7, 11) is 1.76. The summed E-state index contributed by atoms with van der Waals surface area (Å²) in [6.07, 6.45) is 4.04. The third kappa shape index (κ3) is 4.89. The molecule has 1 aromatic heterocycles. The number of rotatable bonds is 9. The summed E-state index contributed by atoms with van der Waals surface area (Å²) in [6, 6.07) is 0.318. The van der Waals surface area contributed by atoms with Gasteiger partial charge in [-0.25, -0.2) is 0 Å². The smallest absolute Gasteiger partial charge is 0.0695 e. The van der Waals surface area contributed by atoms with Gasteiger partial charge >= 0.3 is 0 Å². The molecule has 4 nitrogen and oxygen atoms in total. The lowest BCUT2D eigenvalue weighted by Gasteiger charge is -2.23. The van der Waals surface area contributed by atoms with Crippen LogP contribution in [0.2, 0.25) is 0 Å². The Labute approximate surface area is 125 Å². The molecule has 0 spiro atoms. The second-order valence-electron chi connectivity index (χ2n) is 5.01. The van der Waals surface area contributed by atoms with Gasteiger partial charge in [0.25, 0.3) is 0 Å². The predicted molar refractivity (Wildman–Crippen MR) is 82.3 cm³/mol. The van der Waals surface area contributed by atoms with Gasteiger partial charge in [-0.2, -0.15) is 5.10 Å². The molecule has 0 aliphatic heterocycles. The van der Waals surface area contributed by atoms with Crippen molar-refractivity contribution in [1.29, 1.82) is 0 Å². The molecule has 0 aliphatic carbocycles. The average molecular weight is 332 g/mol. The summed E-state index contributed by atoms with van der Waals surface area (Å²) >= 11 is 3.63. The summed E-state index contributed by atoms with van der Waals surface area (Å²) in [5, 5.41) is 8.03. The Kier molecular flexibility index (Phi) is 7.64. The van der Waals surface area contributed by atoms with Crippen molar-refractivity contribution in [3.63, 3.8) is 0 Å². The normalized spacial score (nSPS) is 14.6. The van der Waals surface area contributed by atoms with Crippen LogP contribution in [0, 0.1) is 5.92 Å². The Morgan fingerprint density at radius 1 is 1.47 bits per heavy atom. The number of hydrogen-bond donors (Lipinski definition) is 1. The van der Waals surface area contributed by atoms with Crippen molar-refractivity contribution in [2.24, 2.45) is 5.92 Å². The van der Waals surface area contributed by atoms with Crippen LogP contribution in [-0.2, 0) is 11.3 Å². The highest BCUT2D eigenvalue weighted by Gasteiger charge is 2.21. The fraction of sp³-hybridized carbons (Fsp3) is 0.786. The fourth-order valence-electron chi connectivity index (χ4n) is 2.40. The first-order valence-electron chi connectivity index (χ1n) is 7.07. The van der Waals surface area contributed by atoms with Crippen LogP contribution in [0.1, 0.15) is 45.3 Å². The third-order valence-corrected chi connectivity index (χ3v) is 3.75. The van der Waals surface area contributed by atoms with Gasteiger partial charge < -0.3 is 10.1 Å². The third-order valence-electron chi connectivity index (χ3n) is 3.14. The number of halogens is 1. The molecule has 1 heterocycles. The van der Waals surface area contributed by atoms with Crippen LogP contribution in [0.4, 0.5) is 0 Å². The van der Waals surface area contributed by atoms with Crippen LogP contribution in [0.5, 0.6) is 0 Å². The van der Waals surface area contributed by atoms with Gasteiger partial charge in [-0.15, -0.1) is 0 Å². The van der Waals surface area contributed by atoms with Crippen molar-refractivity contribution in [1.82, 2.24) is 15.1 Å². The van der Waals surface area contributed by atoms with Gasteiger partial charge in [-0.05, 0) is 41.2 Å². The highest BCUT2D eigenvalue weighted by atomic mass is 79.9. The zero-order chi connectivity index (χ0) is 14.3. The Morgan fingerprint density at radius 2 is 2.21 bits per heavy atom. The Morgan fingerprint density at radius 3 is 2.79 bits per heavy atom. The highest BCUT2D eigenvalue weighted by molar-refractivity contribution is 9.10. The topological polar surface area (TPSA) is 39.1 Å². The largest absolute Gasteiger partial charge is 0.384 e. The van der Waals surface area contributed by atoms with E-state index in [1.165, 1.54) is 5.69 Å². The van der Waals surface area contributed by atoms with Crippen molar-refractivity contribution in [3.05, 3.63) is 16.4 Å². The van der Waals surface area contributed by atoms with Crippen molar-refractivity contribution in [2.75, 3.05) is 20.3 Å². The molecule has 1 N–H and O–H groups in total. The number of nitrogens with one attached hydrogen (secondary N) is 1. The monoisotopic (exact) mass is 331 g/mol. The molecule has 2 atom stereocenters. The van der Waals surface area contributed by atoms with Gasteiger partial charge in [0.05, 0.1) is 22.4 Å². The van der Waals surface area contributed by atoms with E-state index in [2.05, 4.69) is 51.8 Å². The molecule has 0 saturated carbocycles. The van der Waals surface area contributed by atoms with E-state index < -0.39 is 0 Å². The molecule has 0 bridgehead atoms. The van der Waals surface area contributed by atoms with Gasteiger partial charge in [0.15, 0.2) is 0 Å². The van der Waals surface area contributed by atoms with Crippen LogP contribution in [0.15, 0.2) is 10.7 Å². The van der Waals surface area contributed by atoms with Crippen LogP contribution >= 0.6 is 15.9 Å². The zero-order valence-electron chi connectivity index (χ0n) is 12.4. The Hall–Kier alpha value is -0.390. The molecule has 0 amide bonds. The van der Waals surface area contributed by atoms with E-state index >= 15 is 0 Å². The molecule has 0 aliphatic rings. The van der Waals surface area contributed by atoms with Gasteiger partial charge in [0, 0.05) is 20.3 Å². The van der Waals surface area contributed by atoms with Crippen LogP contribution in [-0.4, -0.2) is 30.0 Å². The number of hydrogen-bond acceptors (Lipinski definition) is 3. The lowest BCUT2D eigenvalue weighted by molar-refractivity contribution is 0.148. The summed E-state index contributed by atoms with van der Waals surface area (Å²) in [4.78, 5) is 0. The Balaban J connectivity index is 2.87. The minimum absolute atomic E-state index is 0.318. The van der Waals surface area contributed by atoms with E-state index in [0.29, 0.717) is 12.0 Å². The van der Waals surface area contributed by atoms with Crippen molar-refractivity contribution in [3.8, 4) is 0 Å². The first kappa shape index (κ1) is 16.7. The van der Waals surface area contributed by atoms with Crippen molar-refractivity contribution < 1.29 is 4.74 Å². The van der Waals surface area contributed by atoms with Gasteiger partial charge in [-0.3, -0.25) is 4.68 Å². The zero-order valence-corrected chi connectivity index (χ0v) is 14.0. The highest BCUT2D eigenvalue weighted by Crippen LogP contribution is 2.28. The first-order chi connectivity index (χ1) is 9.13. The molecule has 2 unspecified atom stereocenters. The maximum Gasteiger partial charge on any atom is 0.0695 e. The van der Waals surface area contributed by atoms with Crippen LogP contribution < -0.4 is 5.32 Å². The molecule has 19 heavy (non-hydrogen) atoms. The molecule has 5 heteroatoms. The van der Waals surface area contributed by atoms with Crippen LogP contribution in [0.3, 0.4) is 0 Å². The van der Waals surface area contributed by atoms with E-state index in [9.17, 15) is 0 Å². The number of methoxy groups -OCH3 is 1. The van der Waals surface area contributed by atoms with Gasteiger partial charge in [-0.1, -0.05) is 20.8 Å². The van der Waals surface area contributed by atoms with Crippen LogP contribution in [0.25, 0.3) is 0 Å². The molecule has 0 fully saturated rings. The van der Waals surface area contributed by atoms with Gasteiger partial charge in [0.2, 0.25) is 0 Å². The number of aryl methyl sites for hydroxylation is 1. The molecule has 0 aromatic carbocycles. The minimum Gasteiger partial charge on any atom is -0.384 e.